The lowest BCUT2D eigenvalue weighted by atomic mass is 10.1. The van der Waals surface area contributed by atoms with Crippen molar-refractivity contribution in [2.45, 2.75) is 25.7 Å². The van der Waals surface area contributed by atoms with Crippen LogP contribution < -0.4 is 9.64 Å². The highest BCUT2D eigenvalue weighted by Gasteiger charge is 2.33. The molecule has 0 unspecified atom stereocenters. The Hall–Kier alpha value is -4.27. The zero-order chi connectivity index (χ0) is 24.7. The standard InChI is InChI=1S/C26H18F3NO5/c27-26(28,29)17-5-7-18(8-6-17)30-12-21-20(25(30)33)2-1-3-22(21)34-13-15-4-9-19-16(11-24(31)32)14-35-23(19)10-15/h1-10,14H,11-13H2,(H,31,32). The molecule has 9 heteroatoms. The first-order valence-electron chi connectivity index (χ1n) is 10.7. The third-order valence-corrected chi connectivity index (χ3v) is 5.89. The highest BCUT2D eigenvalue weighted by Crippen LogP contribution is 2.36. The molecular formula is C26H18F3NO5. The van der Waals surface area contributed by atoms with Crippen LogP contribution in [0.4, 0.5) is 18.9 Å². The lowest BCUT2D eigenvalue weighted by Crippen LogP contribution is -2.23. The molecule has 1 aliphatic rings. The van der Waals surface area contributed by atoms with Crippen molar-refractivity contribution in [1.82, 2.24) is 0 Å². The second kappa shape index (κ2) is 8.50. The molecule has 0 fully saturated rings. The summed E-state index contributed by atoms with van der Waals surface area (Å²) in [4.78, 5) is 25.3. The molecule has 3 aromatic carbocycles. The van der Waals surface area contributed by atoms with Gasteiger partial charge in [-0.2, -0.15) is 13.2 Å². The van der Waals surface area contributed by atoms with Crippen LogP contribution in [0.2, 0.25) is 0 Å². The Bertz CT molecular complexity index is 1440. The minimum Gasteiger partial charge on any atom is -0.489 e. The Labute approximate surface area is 197 Å². The molecule has 178 valence electrons. The van der Waals surface area contributed by atoms with E-state index in [1.807, 2.05) is 6.07 Å². The number of aliphatic carboxylic acids is 1. The van der Waals surface area contributed by atoms with Crippen LogP contribution in [0.1, 0.15) is 32.6 Å². The summed E-state index contributed by atoms with van der Waals surface area (Å²) in [5.41, 5.74) is 2.59. The van der Waals surface area contributed by atoms with E-state index in [0.29, 0.717) is 33.7 Å². The van der Waals surface area contributed by atoms with Crippen LogP contribution in [0.3, 0.4) is 0 Å². The molecule has 0 radical (unpaired) electrons. The monoisotopic (exact) mass is 481 g/mol. The maximum atomic E-state index is 12.9. The van der Waals surface area contributed by atoms with E-state index in [0.717, 1.165) is 23.1 Å². The first-order chi connectivity index (χ1) is 16.7. The molecule has 0 bridgehead atoms. The third-order valence-electron chi connectivity index (χ3n) is 5.89. The number of halogens is 3. The molecule has 1 aliphatic heterocycles. The van der Waals surface area contributed by atoms with Gasteiger partial charge in [0.05, 0.1) is 24.8 Å². The molecule has 4 aromatic rings. The number of anilines is 1. The van der Waals surface area contributed by atoms with E-state index >= 15 is 0 Å². The van der Waals surface area contributed by atoms with Gasteiger partial charge in [-0.05, 0) is 48.0 Å². The number of hydrogen-bond acceptors (Lipinski definition) is 4. The highest BCUT2D eigenvalue weighted by molar-refractivity contribution is 6.10. The van der Waals surface area contributed by atoms with E-state index in [2.05, 4.69) is 0 Å². The van der Waals surface area contributed by atoms with Crippen LogP contribution in [-0.4, -0.2) is 17.0 Å². The molecule has 0 spiro atoms. The minimum atomic E-state index is -4.45. The predicted molar refractivity (Wildman–Crippen MR) is 120 cm³/mol. The number of carboxylic acid groups (broad SMARTS) is 1. The van der Waals surface area contributed by atoms with E-state index in [9.17, 15) is 22.8 Å². The van der Waals surface area contributed by atoms with Crippen LogP contribution in [0, 0.1) is 0 Å². The summed E-state index contributed by atoms with van der Waals surface area (Å²) in [5, 5.41) is 9.72. The lowest BCUT2D eigenvalue weighted by Gasteiger charge is -2.17. The fourth-order valence-electron chi connectivity index (χ4n) is 4.16. The fourth-order valence-corrected chi connectivity index (χ4v) is 4.16. The summed E-state index contributed by atoms with van der Waals surface area (Å²) in [6.07, 6.45) is -3.16. The number of fused-ring (bicyclic) bond motifs is 2. The van der Waals surface area contributed by atoms with Gasteiger partial charge in [0.15, 0.2) is 0 Å². The Morgan fingerprint density at radius 1 is 1.09 bits per heavy atom. The van der Waals surface area contributed by atoms with Gasteiger partial charge in [-0.15, -0.1) is 0 Å². The summed E-state index contributed by atoms with van der Waals surface area (Å²) >= 11 is 0. The summed E-state index contributed by atoms with van der Waals surface area (Å²) in [5.74, 6) is -0.762. The van der Waals surface area contributed by atoms with Gasteiger partial charge in [0.25, 0.3) is 5.91 Å². The van der Waals surface area contributed by atoms with Crippen LogP contribution in [0.15, 0.2) is 71.3 Å². The summed E-state index contributed by atoms with van der Waals surface area (Å²) in [6, 6.07) is 14.9. The van der Waals surface area contributed by atoms with E-state index in [1.165, 1.54) is 23.3 Å². The first-order valence-corrected chi connectivity index (χ1v) is 10.7. The Kier molecular flexibility index (Phi) is 5.47. The Morgan fingerprint density at radius 3 is 2.57 bits per heavy atom. The van der Waals surface area contributed by atoms with Gasteiger partial charge < -0.3 is 19.2 Å². The number of carboxylic acids is 1. The van der Waals surface area contributed by atoms with Gasteiger partial charge in [0, 0.05) is 27.8 Å². The highest BCUT2D eigenvalue weighted by atomic mass is 19.4. The van der Waals surface area contributed by atoms with Crippen LogP contribution in [0.25, 0.3) is 11.0 Å². The van der Waals surface area contributed by atoms with E-state index in [-0.39, 0.29) is 25.5 Å². The molecule has 0 saturated carbocycles. The van der Waals surface area contributed by atoms with Gasteiger partial charge in [0.1, 0.15) is 17.9 Å². The van der Waals surface area contributed by atoms with Crippen molar-refractivity contribution in [2.75, 3.05) is 4.90 Å². The van der Waals surface area contributed by atoms with Crippen molar-refractivity contribution in [3.8, 4) is 5.75 Å². The summed E-state index contributed by atoms with van der Waals surface area (Å²) < 4.78 is 50.1. The van der Waals surface area contributed by atoms with Gasteiger partial charge in [-0.1, -0.05) is 18.2 Å². The van der Waals surface area contributed by atoms with E-state index < -0.39 is 17.7 Å². The number of benzene rings is 3. The third kappa shape index (κ3) is 4.32. The zero-order valence-electron chi connectivity index (χ0n) is 18.1. The quantitative estimate of drug-likeness (QED) is 0.376. The Balaban J connectivity index is 1.34. The maximum Gasteiger partial charge on any atom is 0.416 e. The number of carbonyl (C=O) groups is 2. The van der Waals surface area contributed by atoms with Crippen LogP contribution in [-0.2, 0) is 30.5 Å². The van der Waals surface area contributed by atoms with Crippen molar-refractivity contribution in [3.63, 3.8) is 0 Å². The minimum absolute atomic E-state index is 0.136. The van der Waals surface area contributed by atoms with E-state index in [4.69, 9.17) is 14.3 Å². The van der Waals surface area contributed by atoms with Gasteiger partial charge in [0.2, 0.25) is 0 Å². The van der Waals surface area contributed by atoms with Gasteiger partial charge >= 0.3 is 12.1 Å². The number of amides is 1. The predicted octanol–water partition coefficient (Wildman–Crippen LogP) is 5.82. The topological polar surface area (TPSA) is 80.0 Å². The average Bonchev–Trinajstić information content (AvgIpc) is 3.37. The molecule has 5 rings (SSSR count). The number of ether oxygens (including phenoxy) is 1. The number of carbonyl (C=O) groups excluding carboxylic acids is 1. The summed E-state index contributed by atoms with van der Waals surface area (Å²) in [7, 11) is 0. The second-order valence-electron chi connectivity index (χ2n) is 8.17. The number of nitrogens with zero attached hydrogens (tertiary/aromatic N) is 1. The second-order valence-corrected chi connectivity index (χ2v) is 8.17. The van der Waals surface area contributed by atoms with E-state index in [1.54, 1.807) is 30.3 Å². The van der Waals surface area contributed by atoms with Crippen molar-refractivity contribution >= 4 is 28.5 Å². The number of furan rings is 1. The largest absolute Gasteiger partial charge is 0.489 e. The molecule has 0 saturated heterocycles. The lowest BCUT2D eigenvalue weighted by molar-refractivity contribution is -0.138. The van der Waals surface area contributed by atoms with Crippen LogP contribution >= 0.6 is 0 Å². The molecular weight excluding hydrogens is 463 g/mol. The first kappa shape index (κ1) is 22.5. The fraction of sp³-hybridized carbons (Fsp3) is 0.154. The number of hydrogen-bond donors (Lipinski definition) is 1. The number of rotatable bonds is 6. The smallest absolute Gasteiger partial charge is 0.416 e. The van der Waals surface area contributed by atoms with Crippen molar-refractivity contribution < 1.29 is 37.0 Å². The molecule has 1 amide bonds. The Morgan fingerprint density at radius 2 is 1.86 bits per heavy atom. The van der Waals surface area contributed by atoms with Crippen molar-refractivity contribution in [3.05, 3.63) is 94.7 Å². The molecule has 1 aromatic heterocycles. The molecule has 2 heterocycles. The molecule has 1 N–H and O–H groups in total. The average molecular weight is 481 g/mol. The van der Waals surface area contributed by atoms with Gasteiger partial charge in [-0.25, -0.2) is 0 Å². The van der Waals surface area contributed by atoms with Crippen LogP contribution in [0.5, 0.6) is 5.75 Å². The molecule has 6 nitrogen and oxygen atoms in total. The van der Waals surface area contributed by atoms with Crippen molar-refractivity contribution in [2.24, 2.45) is 0 Å². The normalized spacial score (nSPS) is 13.3. The molecule has 0 atom stereocenters. The van der Waals surface area contributed by atoms with Gasteiger partial charge in [-0.3, -0.25) is 9.59 Å². The molecule has 0 aliphatic carbocycles. The summed E-state index contributed by atoms with van der Waals surface area (Å²) in [6.45, 7) is 0.349. The zero-order valence-corrected chi connectivity index (χ0v) is 18.1. The van der Waals surface area contributed by atoms with Crippen molar-refractivity contribution in [1.29, 1.82) is 0 Å². The maximum absolute atomic E-state index is 12.9. The SMILES string of the molecule is O=C(O)Cc1coc2cc(COc3cccc4c3CN(c3ccc(C(F)(F)F)cc3)C4=O)ccc12. The molecule has 35 heavy (non-hydrogen) atoms. The number of alkyl halides is 3.